The molecule has 96 valence electrons. The Balaban J connectivity index is 1.80. The van der Waals surface area contributed by atoms with Gasteiger partial charge in [-0.25, -0.2) is 0 Å². The van der Waals surface area contributed by atoms with Crippen molar-refractivity contribution < 1.29 is 9.59 Å². The number of carbonyl (C=O) groups is 2. The highest BCUT2D eigenvalue weighted by Crippen LogP contribution is 2.18. The third-order valence-corrected chi connectivity index (χ3v) is 2.62. The number of hydrogen-bond donors (Lipinski definition) is 3. The van der Waals surface area contributed by atoms with E-state index in [9.17, 15) is 9.59 Å². The van der Waals surface area contributed by atoms with Gasteiger partial charge < -0.3 is 16.0 Å². The smallest absolute Gasteiger partial charge is 0.238 e. The van der Waals surface area contributed by atoms with E-state index in [0.717, 1.165) is 11.4 Å². The Morgan fingerprint density at radius 2 is 1.67 bits per heavy atom. The van der Waals surface area contributed by atoms with Crippen LogP contribution < -0.4 is 16.0 Å². The van der Waals surface area contributed by atoms with Gasteiger partial charge >= 0.3 is 0 Å². The minimum atomic E-state index is -0.111. The van der Waals surface area contributed by atoms with E-state index in [4.69, 9.17) is 0 Å². The van der Waals surface area contributed by atoms with Crippen LogP contribution >= 0.6 is 0 Å². The minimum absolute atomic E-state index is 0.0471. The molecular formula is C13H17N3O2. The second-order valence-corrected chi connectivity index (χ2v) is 4.46. The first-order chi connectivity index (χ1) is 8.63. The van der Waals surface area contributed by atoms with Crippen LogP contribution in [0, 0.1) is 0 Å². The number of carbonyl (C=O) groups excluding carboxylic acids is 2. The molecule has 0 radical (unpaired) electrons. The molecule has 1 saturated carbocycles. The fourth-order valence-corrected chi connectivity index (χ4v) is 1.57. The van der Waals surface area contributed by atoms with Crippen molar-refractivity contribution in [1.29, 1.82) is 0 Å². The average Bonchev–Trinajstić information content (AvgIpc) is 3.12. The molecule has 0 unspecified atom stereocenters. The first-order valence-corrected chi connectivity index (χ1v) is 6.04. The first kappa shape index (κ1) is 12.6. The van der Waals surface area contributed by atoms with E-state index in [1.54, 1.807) is 24.3 Å². The monoisotopic (exact) mass is 247 g/mol. The Labute approximate surface area is 106 Å². The molecule has 0 heterocycles. The van der Waals surface area contributed by atoms with Crippen LogP contribution in [0.15, 0.2) is 24.3 Å². The van der Waals surface area contributed by atoms with Gasteiger partial charge in [0.15, 0.2) is 0 Å². The van der Waals surface area contributed by atoms with Crippen LogP contribution in [-0.4, -0.2) is 24.4 Å². The van der Waals surface area contributed by atoms with Gasteiger partial charge in [-0.15, -0.1) is 0 Å². The van der Waals surface area contributed by atoms with Gasteiger partial charge in [0, 0.05) is 24.3 Å². The van der Waals surface area contributed by atoms with E-state index in [0.29, 0.717) is 12.6 Å². The number of hydrogen-bond acceptors (Lipinski definition) is 3. The summed E-state index contributed by atoms with van der Waals surface area (Å²) in [6.45, 7) is 1.80. The number of benzene rings is 1. The molecule has 1 aromatic carbocycles. The van der Waals surface area contributed by atoms with Crippen molar-refractivity contribution in [3.8, 4) is 0 Å². The topological polar surface area (TPSA) is 70.2 Å². The Morgan fingerprint density at radius 3 is 2.17 bits per heavy atom. The molecule has 0 bridgehead atoms. The molecule has 0 saturated heterocycles. The van der Waals surface area contributed by atoms with Crippen molar-refractivity contribution in [3.05, 3.63) is 24.3 Å². The van der Waals surface area contributed by atoms with Crippen molar-refractivity contribution in [2.75, 3.05) is 17.2 Å². The van der Waals surface area contributed by atoms with Crippen LogP contribution in [0.4, 0.5) is 11.4 Å². The van der Waals surface area contributed by atoms with Crippen LogP contribution in [0.1, 0.15) is 19.8 Å². The summed E-state index contributed by atoms with van der Waals surface area (Å²) in [4.78, 5) is 22.4. The lowest BCUT2D eigenvalue weighted by molar-refractivity contribution is -0.115. The lowest BCUT2D eigenvalue weighted by Crippen LogP contribution is -2.29. The Hall–Kier alpha value is -1.88. The van der Waals surface area contributed by atoms with Crippen LogP contribution in [0.25, 0.3) is 0 Å². The van der Waals surface area contributed by atoms with Crippen LogP contribution in [0.2, 0.25) is 0 Å². The molecule has 1 fully saturated rings. The van der Waals surface area contributed by atoms with Gasteiger partial charge in [-0.3, -0.25) is 9.59 Å². The maximum Gasteiger partial charge on any atom is 0.238 e. The van der Waals surface area contributed by atoms with E-state index in [2.05, 4.69) is 16.0 Å². The van der Waals surface area contributed by atoms with Gasteiger partial charge in [0.25, 0.3) is 0 Å². The summed E-state index contributed by atoms with van der Waals surface area (Å²) in [5.74, 6) is -0.158. The molecule has 0 spiro atoms. The maximum absolute atomic E-state index is 11.6. The van der Waals surface area contributed by atoms with E-state index in [1.165, 1.54) is 19.8 Å². The maximum atomic E-state index is 11.6. The highest BCUT2D eigenvalue weighted by Gasteiger charge is 2.21. The molecule has 0 atom stereocenters. The van der Waals surface area contributed by atoms with Gasteiger partial charge in [0.05, 0.1) is 6.54 Å². The van der Waals surface area contributed by atoms with Gasteiger partial charge in [0.2, 0.25) is 11.8 Å². The molecule has 1 aromatic rings. The third-order valence-electron chi connectivity index (χ3n) is 2.62. The summed E-state index contributed by atoms with van der Waals surface area (Å²) in [7, 11) is 0. The zero-order chi connectivity index (χ0) is 13.0. The van der Waals surface area contributed by atoms with Crippen LogP contribution in [-0.2, 0) is 9.59 Å². The second kappa shape index (κ2) is 5.64. The highest BCUT2D eigenvalue weighted by atomic mass is 16.2. The van der Waals surface area contributed by atoms with Gasteiger partial charge in [-0.2, -0.15) is 0 Å². The number of anilines is 2. The normalized spacial score (nSPS) is 14.1. The molecule has 5 heteroatoms. The molecule has 0 aromatic heterocycles. The zero-order valence-corrected chi connectivity index (χ0v) is 10.3. The summed E-state index contributed by atoms with van der Waals surface area (Å²) in [6, 6.07) is 7.56. The van der Waals surface area contributed by atoms with Crippen molar-refractivity contribution in [1.82, 2.24) is 5.32 Å². The predicted molar refractivity (Wildman–Crippen MR) is 70.4 cm³/mol. The lowest BCUT2D eigenvalue weighted by atomic mass is 10.2. The molecule has 2 amide bonds. The quantitative estimate of drug-likeness (QED) is 0.735. The fraction of sp³-hybridized carbons (Fsp3) is 0.385. The SMILES string of the molecule is CC(=O)Nc1ccc(NC(=O)CNC2CC2)cc1. The van der Waals surface area contributed by atoms with Gasteiger partial charge in [-0.05, 0) is 37.1 Å². The van der Waals surface area contributed by atoms with E-state index < -0.39 is 0 Å². The first-order valence-electron chi connectivity index (χ1n) is 6.04. The summed E-state index contributed by atoms with van der Waals surface area (Å²) in [5, 5.41) is 8.61. The summed E-state index contributed by atoms with van der Waals surface area (Å²) in [6.07, 6.45) is 2.33. The highest BCUT2D eigenvalue weighted by molar-refractivity contribution is 5.93. The average molecular weight is 247 g/mol. The largest absolute Gasteiger partial charge is 0.326 e. The lowest BCUT2D eigenvalue weighted by Gasteiger charge is -2.07. The minimum Gasteiger partial charge on any atom is -0.326 e. The zero-order valence-electron chi connectivity index (χ0n) is 10.3. The predicted octanol–water partition coefficient (Wildman–Crippen LogP) is 1.34. The molecule has 3 N–H and O–H groups in total. The second-order valence-electron chi connectivity index (χ2n) is 4.46. The van der Waals surface area contributed by atoms with Crippen molar-refractivity contribution in [3.63, 3.8) is 0 Å². The van der Waals surface area contributed by atoms with Gasteiger partial charge in [-0.1, -0.05) is 0 Å². The van der Waals surface area contributed by atoms with Crippen molar-refractivity contribution in [2.24, 2.45) is 0 Å². The van der Waals surface area contributed by atoms with Crippen molar-refractivity contribution in [2.45, 2.75) is 25.8 Å². The molecule has 1 aliphatic carbocycles. The van der Waals surface area contributed by atoms with Crippen molar-refractivity contribution >= 4 is 23.2 Å². The molecule has 1 aliphatic rings. The summed E-state index contributed by atoms with van der Waals surface area (Å²) < 4.78 is 0. The Morgan fingerprint density at radius 1 is 1.11 bits per heavy atom. The molecule has 0 aliphatic heterocycles. The molecule has 18 heavy (non-hydrogen) atoms. The fourth-order valence-electron chi connectivity index (χ4n) is 1.57. The Bertz CT molecular complexity index is 438. The molecular weight excluding hydrogens is 230 g/mol. The van der Waals surface area contributed by atoms with E-state index >= 15 is 0 Å². The standard InChI is InChI=1S/C13H17N3O2/c1-9(17)15-11-4-6-12(7-5-11)16-13(18)8-14-10-2-3-10/h4-7,10,14H,2-3,8H2,1H3,(H,15,17)(H,16,18). The van der Waals surface area contributed by atoms with E-state index in [1.807, 2.05) is 0 Å². The van der Waals surface area contributed by atoms with Crippen LogP contribution in [0.5, 0.6) is 0 Å². The summed E-state index contributed by atoms with van der Waals surface area (Å²) in [5.41, 5.74) is 1.45. The summed E-state index contributed by atoms with van der Waals surface area (Å²) >= 11 is 0. The molecule has 2 rings (SSSR count). The Kier molecular flexibility index (Phi) is 3.94. The molecule has 5 nitrogen and oxygen atoms in total. The van der Waals surface area contributed by atoms with E-state index in [-0.39, 0.29) is 11.8 Å². The third kappa shape index (κ3) is 4.18. The number of amides is 2. The number of nitrogens with one attached hydrogen (secondary N) is 3. The number of rotatable bonds is 5. The van der Waals surface area contributed by atoms with Gasteiger partial charge in [0.1, 0.15) is 0 Å². The van der Waals surface area contributed by atoms with Crippen LogP contribution in [0.3, 0.4) is 0 Å².